The fourth-order valence-electron chi connectivity index (χ4n) is 2.91. The molecule has 0 bridgehead atoms. The Morgan fingerprint density at radius 1 is 1.43 bits per heavy atom. The van der Waals surface area contributed by atoms with Crippen LogP contribution in [0.15, 0.2) is 28.8 Å². The molecule has 2 heterocycles. The number of hydrogen-bond acceptors (Lipinski definition) is 5. The zero-order valence-electron chi connectivity index (χ0n) is 13.3. The summed E-state index contributed by atoms with van der Waals surface area (Å²) in [5.41, 5.74) is 1.32. The largest absolute Gasteiger partial charge is 0.338 e. The summed E-state index contributed by atoms with van der Waals surface area (Å²) in [5, 5.41) is 6.99. The van der Waals surface area contributed by atoms with E-state index in [0.717, 1.165) is 26.1 Å². The lowest BCUT2D eigenvalue weighted by molar-refractivity contribution is 0.0787. The van der Waals surface area contributed by atoms with Gasteiger partial charge in [0.05, 0.1) is 11.1 Å². The maximum Gasteiger partial charge on any atom is 0.258 e. The average Bonchev–Trinajstić information content (AvgIpc) is 3.16. The predicted octanol–water partition coefficient (Wildman–Crippen LogP) is 2.15. The quantitative estimate of drug-likeness (QED) is 0.926. The van der Waals surface area contributed by atoms with Crippen LogP contribution in [0.25, 0.3) is 11.5 Å². The molecule has 1 atom stereocenters. The normalized spacial score (nSPS) is 17.1. The molecule has 1 N–H and O–H groups in total. The number of carbonyl (C=O) groups is 1. The minimum absolute atomic E-state index is 0. The Morgan fingerprint density at radius 2 is 2.22 bits per heavy atom. The van der Waals surface area contributed by atoms with Crippen molar-refractivity contribution in [3.05, 3.63) is 35.7 Å². The van der Waals surface area contributed by atoms with E-state index >= 15 is 0 Å². The van der Waals surface area contributed by atoms with E-state index in [1.807, 2.05) is 36.2 Å². The molecule has 1 fully saturated rings. The summed E-state index contributed by atoms with van der Waals surface area (Å²) < 4.78 is 5.22. The monoisotopic (exact) mass is 336 g/mol. The lowest BCUT2D eigenvalue weighted by Crippen LogP contribution is -2.30. The van der Waals surface area contributed by atoms with Crippen molar-refractivity contribution in [2.45, 2.75) is 13.3 Å². The van der Waals surface area contributed by atoms with Crippen molar-refractivity contribution < 1.29 is 9.32 Å². The van der Waals surface area contributed by atoms with E-state index in [1.165, 1.54) is 0 Å². The van der Waals surface area contributed by atoms with E-state index < -0.39 is 0 Å². The van der Waals surface area contributed by atoms with E-state index in [-0.39, 0.29) is 18.3 Å². The number of rotatable bonds is 4. The highest BCUT2D eigenvalue weighted by atomic mass is 35.5. The average molecular weight is 337 g/mol. The summed E-state index contributed by atoms with van der Waals surface area (Å²) in [5.74, 6) is 1.51. The summed E-state index contributed by atoms with van der Waals surface area (Å²) in [6.07, 6.45) is 1.04. The van der Waals surface area contributed by atoms with Gasteiger partial charge < -0.3 is 14.7 Å². The molecule has 23 heavy (non-hydrogen) atoms. The molecule has 1 unspecified atom stereocenters. The second kappa shape index (κ2) is 7.57. The summed E-state index contributed by atoms with van der Waals surface area (Å²) in [7, 11) is 1.94. The maximum atomic E-state index is 12.8. The van der Waals surface area contributed by atoms with Gasteiger partial charge in [0.2, 0.25) is 0 Å². The Balaban J connectivity index is 0.00000192. The van der Waals surface area contributed by atoms with Gasteiger partial charge >= 0.3 is 0 Å². The molecule has 0 radical (unpaired) electrons. The van der Waals surface area contributed by atoms with Gasteiger partial charge in [0, 0.05) is 13.1 Å². The van der Waals surface area contributed by atoms with Crippen molar-refractivity contribution in [2.24, 2.45) is 5.92 Å². The fourth-order valence-corrected chi connectivity index (χ4v) is 2.91. The molecule has 1 aliphatic rings. The predicted molar refractivity (Wildman–Crippen MR) is 89.7 cm³/mol. The van der Waals surface area contributed by atoms with Gasteiger partial charge in [-0.05, 0) is 45.0 Å². The molecular formula is C16H21ClN4O2. The zero-order chi connectivity index (χ0) is 15.5. The second-order valence-electron chi connectivity index (χ2n) is 5.66. The maximum absolute atomic E-state index is 12.8. The Bertz CT molecular complexity index is 674. The van der Waals surface area contributed by atoms with E-state index in [9.17, 15) is 4.79 Å². The highest BCUT2D eigenvalue weighted by Crippen LogP contribution is 2.25. The molecular weight excluding hydrogens is 316 g/mol. The minimum Gasteiger partial charge on any atom is -0.338 e. The lowest BCUT2D eigenvalue weighted by Gasteiger charge is -2.17. The van der Waals surface area contributed by atoms with Gasteiger partial charge in [-0.3, -0.25) is 4.79 Å². The molecule has 1 saturated heterocycles. The molecule has 1 amide bonds. The molecule has 2 aromatic rings. The third kappa shape index (κ3) is 3.71. The van der Waals surface area contributed by atoms with Crippen molar-refractivity contribution in [3.63, 3.8) is 0 Å². The fraction of sp³-hybridized carbons (Fsp3) is 0.438. The van der Waals surface area contributed by atoms with Crippen molar-refractivity contribution in [1.82, 2.24) is 20.4 Å². The third-order valence-corrected chi connectivity index (χ3v) is 3.98. The topological polar surface area (TPSA) is 71.3 Å². The van der Waals surface area contributed by atoms with Gasteiger partial charge in [-0.15, -0.1) is 12.4 Å². The van der Waals surface area contributed by atoms with Crippen molar-refractivity contribution in [2.75, 3.05) is 26.7 Å². The van der Waals surface area contributed by atoms with Gasteiger partial charge in [-0.25, -0.2) is 0 Å². The van der Waals surface area contributed by atoms with Crippen LogP contribution < -0.4 is 5.32 Å². The zero-order valence-corrected chi connectivity index (χ0v) is 14.1. The highest BCUT2D eigenvalue weighted by Gasteiger charge is 2.28. The molecule has 1 aliphatic heterocycles. The van der Waals surface area contributed by atoms with Crippen LogP contribution in [0.3, 0.4) is 0 Å². The molecule has 6 nitrogen and oxygen atoms in total. The van der Waals surface area contributed by atoms with Gasteiger partial charge in [0.25, 0.3) is 11.8 Å². The third-order valence-electron chi connectivity index (χ3n) is 3.98. The number of benzene rings is 1. The summed E-state index contributed by atoms with van der Waals surface area (Å²) >= 11 is 0. The number of halogens is 1. The Morgan fingerprint density at radius 3 is 2.91 bits per heavy atom. The number of likely N-dealkylation sites (tertiary alicyclic amines) is 1. The van der Waals surface area contributed by atoms with Crippen LogP contribution in [0, 0.1) is 12.8 Å². The standard InChI is InChI=1S/C16H20N4O2.ClH/c1-11-18-15(22-19-11)13-5-3-4-6-14(13)16(21)20-8-7-12(10-20)9-17-2;/h3-6,12,17H,7-10H2,1-2H3;1H. The minimum atomic E-state index is 0. The van der Waals surface area contributed by atoms with Crippen molar-refractivity contribution >= 4 is 18.3 Å². The number of hydrogen-bond donors (Lipinski definition) is 1. The smallest absolute Gasteiger partial charge is 0.258 e. The number of aromatic nitrogens is 2. The first-order valence-electron chi connectivity index (χ1n) is 7.52. The number of amides is 1. The van der Waals surface area contributed by atoms with Crippen LogP contribution >= 0.6 is 12.4 Å². The molecule has 1 aromatic carbocycles. The van der Waals surface area contributed by atoms with Crippen LogP contribution in [-0.2, 0) is 0 Å². The Labute approximate surface area is 141 Å². The Hall–Kier alpha value is -1.92. The first kappa shape index (κ1) is 17.4. The first-order chi connectivity index (χ1) is 10.7. The number of nitrogens with zero attached hydrogens (tertiary/aromatic N) is 3. The van der Waals surface area contributed by atoms with E-state index in [1.54, 1.807) is 6.92 Å². The molecule has 0 aliphatic carbocycles. The number of aryl methyl sites for hydroxylation is 1. The number of nitrogens with one attached hydrogen (secondary N) is 1. The van der Waals surface area contributed by atoms with E-state index in [2.05, 4.69) is 15.5 Å². The second-order valence-corrected chi connectivity index (χ2v) is 5.66. The van der Waals surface area contributed by atoms with Crippen molar-refractivity contribution in [3.8, 4) is 11.5 Å². The number of carbonyl (C=O) groups excluding carboxylic acids is 1. The molecule has 7 heteroatoms. The van der Waals surface area contributed by atoms with Gasteiger partial charge in [0.1, 0.15) is 0 Å². The first-order valence-corrected chi connectivity index (χ1v) is 7.52. The van der Waals surface area contributed by atoms with Crippen LogP contribution in [0.4, 0.5) is 0 Å². The molecule has 124 valence electrons. The van der Waals surface area contributed by atoms with Crippen LogP contribution in [0.1, 0.15) is 22.6 Å². The highest BCUT2D eigenvalue weighted by molar-refractivity contribution is 6.00. The Kier molecular flexibility index (Phi) is 5.74. The summed E-state index contributed by atoms with van der Waals surface area (Å²) in [6.45, 7) is 4.29. The van der Waals surface area contributed by atoms with E-state index in [4.69, 9.17) is 4.52 Å². The SMILES string of the molecule is CNCC1CCN(C(=O)c2ccccc2-c2nc(C)no2)C1.Cl. The summed E-state index contributed by atoms with van der Waals surface area (Å²) in [4.78, 5) is 19.0. The van der Waals surface area contributed by atoms with Gasteiger partial charge in [-0.1, -0.05) is 17.3 Å². The van der Waals surface area contributed by atoms with Gasteiger partial charge in [0.15, 0.2) is 5.82 Å². The van der Waals surface area contributed by atoms with Crippen LogP contribution in [0.2, 0.25) is 0 Å². The van der Waals surface area contributed by atoms with Crippen molar-refractivity contribution in [1.29, 1.82) is 0 Å². The molecule has 0 spiro atoms. The van der Waals surface area contributed by atoms with E-state index in [0.29, 0.717) is 28.8 Å². The molecule has 0 saturated carbocycles. The molecule has 1 aromatic heterocycles. The van der Waals surface area contributed by atoms with Crippen LogP contribution in [-0.4, -0.2) is 47.6 Å². The van der Waals surface area contributed by atoms with Gasteiger partial charge in [-0.2, -0.15) is 4.98 Å². The molecule has 3 rings (SSSR count). The summed E-state index contributed by atoms with van der Waals surface area (Å²) in [6, 6.07) is 7.41. The lowest BCUT2D eigenvalue weighted by atomic mass is 10.1. The van der Waals surface area contributed by atoms with Crippen LogP contribution in [0.5, 0.6) is 0 Å².